The Morgan fingerprint density at radius 3 is 0.833 bits per heavy atom. The van der Waals surface area contributed by atoms with Crippen LogP contribution in [-0.2, 0) is 28.6 Å². The second kappa shape index (κ2) is 65.8. The van der Waals surface area contributed by atoms with E-state index in [1.807, 2.05) is 0 Å². The standard InChI is InChI=1S/C72H124O6/c1-4-7-10-13-16-19-22-25-27-28-29-30-31-32-33-34-35-36-37-38-39-40-41-42-43-44-45-48-50-53-56-59-62-65-71(74)77-68-69(67-76-70(73)64-61-58-55-52-49-46-24-21-18-15-12-9-6-3)78-72(75)66-63-60-57-54-51-47-26-23-20-17-14-11-8-5-2/h7,10,12,15-16,19,21,24-25,27,29-30,32-33,35-36,69H,4-6,8-9,11,13-14,17-18,20,22-23,26,28,31,34,37-68H2,1-3H3/b10-7-,15-12-,19-16-,24-21-,27-25-,30-29-,33-32-,36-35-. The number of carbonyl (C=O) groups is 3. The largest absolute Gasteiger partial charge is 0.462 e. The number of allylic oxidation sites excluding steroid dienone is 16. The summed E-state index contributed by atoms with van der Waals surface area (Å²) in [5.74, 6) is -0.880. The van der Waals surface area contributed by atoms with Crippen molar-refractivity contribution in [3.05, 3.63) is 97.2 Å². The van der Waals surface area contributed by atoms with Crippen LogP contribution in [0.1, 0.15) is 323 Å². The molecule has 0 fully saturated rings. The highest BCUT2D eigenvalue weighted by Crippen LogP contribution is 2.17. The van der Waals surface area contributed by atoms with Crippen molar-refractivity contribution in [2.45, 2.75) is 329 Å². The highest BCUT2D eigenvalue weighted by Gasteiger charge is 2.19. The summed E-state index contributed by atoms with van der Waals surface area (Å²) >= 11 is 0. The molecule has 6 heteroatoms. The zero-order valence-electron chi connectivity index (χ0n) is 51.4. The monoisotopic (exact) mass is 1080 g/mol. The van der Waals surface area contributed by atoms with Crippen molar-refractivity contribution in [1.29, 1.82) is 0 Å². The summed E-state index contributed by atoms with van der Waals surface area (Å²) in [6.07, 6.45) is 88.6. The molecule has 0 spiro atoms. The summed E-state index contributed by atoms with van der Waals surface area (Å²) in [6, 6.07) is 0. The van der Waals surface area contributed by atoms with Crippen LogP contribution in [0.25, 0.3) is 0 Å². The molecule has 0 saturated carbocycles. The van der Waals surface area contributed by atoms with Crippen LogP contribution in [0.15, 0.2) is 97.2 Å². The Morgan fingerprint density at radius 1 is 0.269 bits per heavy atom. The van der Waals surface area contributed by atoms with Gasteiger partial charge in [0.2, 0.25) is 0 Å². The second-order valence-electron chi connectivity index (χ2n) is 22.0. The minimum Gasteiger partial charge on any atom is -0.462 e. The molecule has 1 atom stereocenters. The van der Waals surface area contributed by atoms with Crippen LogP contribution in [0.4, 0.5) is 0 Å². The average molecular weight is 1090 g/mol. The van der Waals surface area contributed by atoms with E-state index in [1.54, 1.807) is 0 Å². The van der Waals surface area contributed by atoms with Crippen molar-refractivity contribution in [3.63, 3.8) is 0 Å². The van der Waals surface area contributed by atoms with Crippen LogP contribution in [-0.4, -0.2) is 37.2 Å². The second-order valence-corrected chi connectivity index (χ2v) is 22.0. The topological polar surface area (TPSA) is 78.9 Å². The van der Waals surface area contributed by atoms with E-state index < -0.39 is 6.10 Å². The van der Waals surface area contributed by atoms with Gasteiger partial charge in [0.15, 0.2) is 6.10 Å². The fourth-order valence-corrected chi connectivity index (χ4v) is 9.37. The Kier molecular flexibility index (Phi) is 62.7. The van der Waals surface area contributed by atoms with Gasteiger partial charge in [0.25, 0.3) is 0 Å². The smallest absolute Gasteiger partial charge is 0.306 e. The van der Waals surface area contributed by atoms with Gasteiger partial charge in [-0.3, -0.25) is 14.4 Å². The predicted molar refractivity (Wildman–Crippen MR) is 339 cm³/mol. The van der Waals surface area contributed by atoms with Crippen molar-refractivity contribution in [3.8, 4) is 0 Å². The molecule has 448 valence electrons. The van der Waals surface area contributed by atoms with Gasteiger partial charge in [-0.2, -0.15) is 0 Å². The third kappa shape index (κ3) is 63.2. The first-order valence-corrected chi connectivity index (χ1v) is 33.2. The Balaban J connectivity index is 4.16. The van der Waals surface area contributed by atoms with Crippen LogP contribution in [0, 0.1) is 0 Å². The molecule has 0 N–H and O–H groups in total. The molecule has 0 rings (SSSR count). The van der Waals surface area contributed by atoms with Gasteiger partial charge in [0.05, 0.1) is 0 Å². The fourth-order valence-electron chi connectivity index (χ4n) is 9.37. The maximum Gasteiger partial charge on any atom is 0.306 e. The Labute approximate surface area is 483 Å². The van der Waals surface area contributed by atoms with Gasteiger partial charge < -0.3 is 14.2 Å². The highest BCUT2D eigenvalue weighted by molar-refractivity contribution is 5.71. The molecular formula is C72H124O6. The predicted octanol–water partition coefficient (Wildman–Crippen LogP) is 22.8. The maximum atomic E-state index is 12.9. The first-order valence-electron chi connectivity index (χ1n) is 33.2. The Morgan fingerprint density at radius 2 is 0.526 bits per heavy atom. The van der Waals surface area contributed by atoms with Gasteiger partial charge in [0.1, 0.15) is 13.2 Å². The molecule has 0 aliphatic carbocycles. The average Bonchev–Trinajstić information content (AvgIpc) is 3.44. The molecule has 0 aliphatic rings. The molecule has 0 aromatic carbocycles. The minimum absolute atomic E-state index is 0.0782. The van der Waals surface area contributed by atoms with E-state index in [-0.39, 0.29) is 31.1 Å². The molecule has 0 aliphatic heterocycles. The number of rotatable bonds is 60. The molecule has 0 aromatic heterocycles. The van der Waals surface area contributed by atoms with E-state index in [4.69, 9.17) is 14.2 Å². The highest BCUT2D eigenvalue weighted by atomic mass is 16.6. The lowest BCUT2D eigenvalue weighted by atomic mass is 10.0. The number of esters is 3. The minimum atomic E-state index is -0.781. The molecule has 0 radical (unpaired) electrons. The molecule has 6 nitrogen and oxygen atoms in total. The number of ether oxygens (including phenoxy) is 3. The Hall–Kier alpha value is -3.67. The lowest BCUT2D eigenvalue weighted by Gasteiger charge is -2.18. The van der Waals surface area contributed by atoms with E-state index in [0.29, 0.717) is 19.3 Å². The van der Waals surface area contributed by atoms with Gasteiger partial charge >= 0.3 is 17.9 Å². The van der Waals surface area contributed by atoms with Crippen LogP contribution in [0.5, 0.6) is 0 Å². The zero-order chi connectivity index (χ0) is 56.4. The molecule has 1 unspecified atom stereocenters. The zero-order valence-corrected chi connectivity index (χ0v) is 51.4. The van der Waals surface area contributed by atoms with Crippen molar-refractivity contribution >= 4 is 17.9 Å². The lowest BCUT2D eigenvalue weighted by Crippen LogP contribution is -2.30. The number of hydrogen-bond donors (Lipinski definition) is 0. The van der Waals surface area contributed by atoms with Gasteiger partial charge in [0, 0.05) is 19.3 Å². The summed E-state index contributed by atoms with van der Waals surface area (Å²) < 4.78 is 16.9. The van der Waals surface area contributed by atoms with E-state index in [1.165, 1.54) is 161 Å². The van der Waals surface area contributed by atoms with Gasteiger partial charge in [-0.15, -0.1) is 0 Å². The van der Waals surface area contributed by atoms with E-state index in [9.17, 15) is 14.4 Å². The normalized spacial score (nSPS) is 12.7. The van der Waals surface area contributed by atoms with Crippen molar-refractivity contribution in [2.75, 3.05) is 13.2 Å². The molecule has 0 amide bonds. The molecule has 0 saturated heterocycles. The third-order valence-corrected chi connectivity index (χ3v) is 14.3. The summed E-state index contributed by atoms with van der Waals surface area (Å²) in [5.41, 5.74) is 0. The van der Waals surface area contributed by atoms with Crippen LogP contribution >= 0.6 is 0 Å². The van der Waals surface area contributed by atoms with E-state index in [2.05, 4.69) is 118 Å². The van der Waals surface area contributed by atoms with Gasteiger partial charge in [-0.05, 0) is 96.3 Å². The first-order chi connectivity index (χ1) is 38.5. The SMILES string of the molecule is CC/C=C\C/C=C\C/C=C\C/C=C\C/C=C\C/C=C\CCCCCCCCCCCCCCCCC(=O)OCC(COC(=O)CCCCCCC/C=C\C/C=C\CCC)OC(=O)CCCCCCCCCCCCCCCC. The summed E-state index contributed by atoms with van der Waals surface area (Å²) in [4.78, 5) is 38.3. The lowest BCUT2D eigenvalue weighted by molar-refractivity contribution is -0.167. The Bertz CT molecular complexity index is 1530. The molecule has 78 heavy (non-hydrogen) atoms. The molecule has 0 bridgehead atoms. The maximum absolute atomic E-state index is 12.9. The summed E-state index contributed by atoms with van der Waals surface area (Å²) in [5, 5.41) is 0. The number of hydrogen-bond acceptors (Lipinski definition) is 6. The van der Waals surface area contributed by atoms with Gasteiger partial charge in [-0.1, -0.05) is 304 Å². The quantitative estimate of drug-likeness (QED) is 0.0261. The third-order valence-electron chi connectivity index (χ3n) is 14.3. The van der Waals surface area contributed by atoms with Crippen molar-refractivity contribution < 1.29 is 28.6 Å². The van der Waals surface area contributed by atoms with Crippen LogP contribution in [0.3, 0.4) is 0 Å². The number of carbonyl (C=O) groups excluding carboxylic acids is 3. The summed E-state index contributed by atoms with van der Waals surface area (Å²) in [6.45, 7) is 6.48. The molecule has 0 aromatic rings. The van der Waals surface area contributed by atoms with Crippen LogP contribution < -0.4 is 0 Å². The van der Waals surface area contributed by atoms with Crippen LogP contribution in [0.2, 0.25) is 0 Å². The fraction of sp³-hybridized carbons (Fsp3) is 0.736. The van der Waals surface area contributed by atoms with Crippen molar-refractivity contribution in [2.24, 2.45) is 0 Å². The molecular weight excluding hydrogens is 961 g/mol. The molecule has 0 heterocycles. The number of unbranched alkanes of at least 4 members (excludes halogenated alkanes) is 33. The van der Waals surface area contributed by atoms with Crippen molar-refractivity contribution in [1.82, 2.24) is 0 Å². The van der Waals surface area contributed by atoms with E-state index in [0.717, 1.165) is 122 Å². The van der Waals surface area contributed by atoms with Gasteiger partial charge in [-0.25, -0.2) is 0 Å². The first kappa shape index (κ1) is 74.3. The summed E-state index contributed by atoms with van der Waals surface area (Å²) in [7, 11) is 0. The van der Waals surface area contributed by atoms with E-state index >= 15 is 0 Å².